The van der Waals surface area contributed by atoms with E-state index < -0.39 is 0 Å². The van der Waals surface area contributed by atoms with E-state index in [1.165, 1.54) is 5.56 Å². The third kappa shape index (κ3) is 3.84. The fourth-order valence-corrected chi connectivity index (χ4v) is 1.81. The van der Waals surface area contributed by atoms with Gasteiger partial charge in [-0.2, -0.15) is 4.99 Å². The van der Waals surface area contributed by atoms with E-state index in [1.807, 2.05) is 36.1 Å². The average Bonchev–Trinajstić information content (AvgIpc) is 2.42. The van der Waals surface area contributed by atoms with Gasteiger partial charge in [0.2, 0.25) is 5.96 Å². The lowest BCUT2D eigenvalue weighted by Gasteiger charge is -2.23. The van der Waals surface area contributed by atoms with Gasteiger partial charge >= 0.3 is 0 Å². The molecule has 1 heterocycles. The van der Waals surface area contributed by atoms with E-state index in [4.69, 9.17) is 11.5 Å². The summed E-state index contributed by atoms with van der Waals surface area (Å²) in [6.07, 6.45) is 5.18. The second-order valence-corrected chi connectivity index (χ2v) is 4.48. The van der Waals surface area contributed by atoms with Crippen molar-refractivity contribution in [3.63, 3.8) is 0 Å². The minimum atomic E-state index is 0.177. The number of aliphatic imine (C=N–C) groups is 2. The van der Waals surface area contributed by atoms with Gasteiger partial charge in [0.25, 0.3) is 0 Å². The van der Waals surface area contributed by atoms with Crippen molar-refractivity contribution in [2.45, 2.75) is 13.3 Å². The summed E-state index contributed by atoms with van der Waals surface area (Å²) in [6.45, 7) is 3.66. The van der Waals surface area contributed by atoms with Gasteiger partial charge in [-0.3, -0.25) is 0 Å². The molecule has 1 aliphatic heterocycles. The minimum absolute atomic E-state index is 0.177. The molecule has 4 N–H and O–H groups in total. The van der Waals surface area contributed by atoms with E-state index in [0.717, 1.165) is 25.2 Å². The van der Waals surface area contributed by atoms with Crippen LogP contribution in [-0.2, 0) is 0 Å². The SMILES string of the molecule is Cc1ccc(N=C(N)/N=C(/N)N2CC=CCC2)cc1. The number of rotatable bonds is 1. The Kier molecular flexibility index (Phi) is 4.18. The predicted molar refractivity (Wildman–Crippen MR) is 79.4 cm³/mol. The maximum atomic E-state index is 5.91. The molecule has 0 unspecified atom stereocenters. The topological polar surface area (TPSA) is 80.0 Å². The van der Waals surface area contributed by atoms with Crippen LogP contribution in [0.1, 0.15) is 12.0 Å². The molecule has 0 fully saturated rings. The van der Waals surface area contributed by atoms with Crippen LogP contribution >= 0.6 is 0 Å². The van der Waals surface area contributed by atoms with Gasteiger partial charge in [0.15, 0.2) is 5.96 Å². The molecule has 5 nitrogen and oxygen atoms in total. The number of nitrogens with zero attached hydrogens (tertiary/aromatic N) is 3. The summed E-state index contributed by atoms with van der Waals surface area (Å²) < 4.78 is 0. The average molecular weight is 257 g/mol. The van der Waals surface area contributed by atoms with E-state index in [2.05, 4.69) is 22.1 Å². The molecule has 0 aromatic heterocycles. The van der Waals surface area contributed by atoms with Crippen molar-refractivity contribution in [1.29, 1.82) is 0 Å². The molecule has 0 amide bonds. The number of nitrogens with two attached hydrogens (primary N) is 2. The molecule has 100 valence electrons. The standard InChI is InChI=1S/C14H19N5/c1-11-5-7-12(8-6-11)17-13(15)18-14(16)19-9-3-2-4-10-19/h2-3,5-8H,4,9-10H2,1H3,(H4,15,16,17,18). The highest BCUT2D eigenvalue weighted by atomic mass is 15.3. The zero-order valence-corrected chi connectivity index (χ0v) is 11.1. The van der Waals surface area contributed by atoms with Crippen LogP contribution < -0.4 is 11.5 Å². The van der Waals surface area contributed by atoms with Gasteiger partial charge in [-0.1, -0.05) is 29.8 Å². The summed E-state index contributed by atoms with van der Waals surface area (Å²) >= 11 is 0. The fraction of sp³-hybridized carbons (Fsp3) is 0.286. The number of guanidine groups is 2. The molecular formula is C14H19N5. The lowest BCUT2D eigenvalue weighted by Crippen LogP contribution is -2.40. The molecule has 0 atom stereocenters. The molecule has 0 bridgehead atoms. The fourth-order valence-electron chi connectivity index (χ4n) is 1.81. The number of benzene rings is 1. The highest BCUT2D eigenvalue weighted by molar-refractivity contribution is 5.94. The highest BCUT2D eigenvalue weighted by Crippen LogP contribution is 2.12. The minimum Gasteiger partial charge on any atom is -0.369 e. The van der Waals surface area contributed by atoms with Crippen LogP contribution in [0.3, 0.4) is 0 Å². The quantitative estimate of drug-likeness (QED) is 0.455. The predicted octanol–water partition coefficient (Wildman–Crippen LogP) is 1.52. The van der Waals surface area contributed by atoms with Crippen molar-refractivity contribution >= 4 is 17.6 Å². The Hall–Kier alpha value is -2.30. The van der Waals surface area contributed by atoms with Crippen LogP contribution in [0.25, 0.3) is 0 Å². The van der Waals surface area contributed by atoms with Crippen LogP contribution in [0.4, 0.5) is 5.69 Å². The third-order valence-corrected chi connectivity index (χ3v) is 2.89. The zero-order chi connectivity index (χ0) is 13.7. The first-order chi connectivity index (χ1) is 9.15. The first-order valence-electron chi connectivity index (χ1n) is 6.30. The Labute approximate surface area is 113 Å². The second-order valence-electron chi connectivity index (χ2n) is 4.48. The summed E-state index contributed by atoms with van der Waals surface area (Å²) in [5.41, 5.74) is 13.7. The lowest BCUT2D eigenvalue weighted by atomic mass is 10.2. The number of aryl methyl sites for hydroxylation is 1. The van der Waals surface area contributed by atoms with Gasteiger partial charge in [-0.15, -0.1) is 0 Å². The largest absolute Gasteiger partial charge is 0.369 e. The summed E-state index contributed by atoms with van der Waals surface area (Å²) in [7, 11) is 0. The van der Waals surface area contributed by atoms with Crippen molar-refractivity contribution in [3.8, 4) is 0 Å². The maximum Gasteiger partial charge on any atom is 0.223 e. The first-order valence-corrected chi connectivity index (χ1v) is 6.30. The molecular weight excluding hydrogens is 238 g/mol. The van der Waals surface area contributed by atoms with Gasteiger partial charge in [0.1, 0.15) is 0 Å². The Bertz CT molecular complexity index is 513. The Morgan fingerprint density at radius 1 is 1.16 bits per heavy atom. The van der Waals surface area contributed by atoms with E-state index in [-0.39, 0.29) is 5.96 Å². The van der Waals surface area contributed by atoms with E-state index in [9.17, 15) is 0 Å². The normalized spacial score (nSPS) is 16.8. The smallest absolute Gasteiger partial charge is 0.223 e. The molecule has 1 aromatic carbocycles. The number of hydrogen-bond acceptors (Lipinski definition) is 1. The molecule has 2 rings (SSSR count). The van der Waals surface area contributed by atoms with Crippen molar-refractivity contribution in [2.75, 3.05) is 13.1 Å². The molecule has 19 heavy (non-hydrogen) atoms. The third-order valence-electron chi connectivity index (χ3n) is 2.89. The Balaban J connectivity index is 2.08. The van der Waals surface area contributed by atoms with Crippen molar-refractivity contribution in [2.24, 2.45) is 21.5 Å². The highest BCUT2D eigenvalue weighted by Gasteiger charge is 2.08. The maximum absolute atomic E-state index is 5.91. The van der Waals surface area contributed by atoms with Crippen LogP contribution in [0.2, 0.25) is 0 Å². The van der Waals surface area contributed by atoms with Crippen LogP contribution in [0.15, 0.2) is 46.4 Å². The summed E-state index contributed by atoms with van der Waals surface area (Å²) in [5.74, 6) is 0.591. The zero-order valence-electron chi connectivity index (χ0n) is 11.1. The van der Waals surface area contributed by atoms with Gasteiger partial charge in [0, 0.05) is 13.1 Å². The molecule has 1 aliphatic rings. The molecule has 1 aromatic rings. The number of hydrogen-bond donors (Lipinski definition) is 2. The lowest BCUT2D eigenvalue weighted by molar-refractivity contribution is 0.450. The van der Waals surface area contributed by atoms with Crippen molar-refractivity contribution < 1.29 is 0 Å². The van der Waals surface area contributed by atoms with Crippen LogP contribution in [0, 0.1) is 6.92 Å². The van der Waals surface area contributed by atoms with E-state index >= 15 is 0 Å². The van der Waals surface area contributed by atoms with Crippen LogP contribution in [0.5, 0.6) is 0 Å². The molecule has 0 aliphatic carbocycles. The van der Waals surface area contributed by atoms with Crippen molar-refractivity contribution in [3.05, 3.63) is 42.0 Å². The van der Waals surface area contributed by atoms with E-state index in [1.54, 1.807) is 0 Å². The molecule has 5 heteroatoms. The first kappa shape index (κ1) is 13.1. The van der Waals surface area contributed by atoms with Gasteiger partial charge in [-0.25, -0.2) is 4.99 Å². The van der Waals surface area contributed by atoms with Gasteiger partial charge in [-0.05, 0) is 25.5 Å². The van der Waals surface area contributed by atoms with Crippen molar-refractivity contribution in [1.82, 2.24) is 4.90 Å². The van der Waals surface area contributed by atoms with Gasteiger partial charge < -0.3 is 16.4 Å². The summed E-state index contributed by atoms with van der Waals surface area (Å²) in [4.78, 5) is 10.3. The van der Waals surface area contributed by atoms with Gasteiger partial charge in [0.05, 0.1) is 5.69 Å². The van der Waals surface area contributed by atoms with E-state index in [0.29, 0.717) is 5.96 Å². The second kappa shape index (κ2) is 6.04. The summed E-state index contributed by atoms with van der Waals surface area (Å²) in [5, 5.41) is 0. The Morgan fingerprint density at radius 2 is 1.89 bits per heavy atom. The molecule has 0 saturated carbocycles. The molecule has 0 spiro atoms. The van der Waals surface area contributed by atoms with Crippen LogP contribution in [-0.4, -0.2) is 29.9 Å². The molecule has 0 radical (unpaired) electrons. The molecule has 0 saturated heterocycles. The summed E-state index contributed by atoms with van der Waals surface area (Å²) in [6, 6.07) is 7.76. The Morgan fingerprint density at radius 3 is 2.53 bits per heavy atom. The monoisotopic (exact) mass is 257 g/mol.